The van der Waals surface area contributed by atoms with Crippen molar-refractivity contribution in [3.8, 4) is 11.3 Å². The molecule has 0 amide bonds. The van der Waals surface area contributed by atoms with E-state index in [1.165, 1.54) is 10.2 Å². The molecule has 3 aromatic rings. The molecule has 22 heavy (non-hydrogen) atoms. The molecule has 0 aliphatic carbocycles. The van der Waals surface area contributed by atoms with Gasteiger partial charge in [0.1, 0.15) is 0 Å². The molecule has 0 unspecified atom stereocenters. The van der Waals surface area contributed by atoms with Crippen LogP contribution in [-0.4, -0.2) is 9.78 Å². The van der Waals surface area contributed by atoms with Crippen molar-refractivity contribution >= 4 is 0 Å². The second-order valence-electron chi connectivity index (χ2n) is 5.51. The Balaban J connectivity index is 1.98. The molecule has 2 aromatic carbocycles. The molecule has 0 N–H and O–H groups in total. The lowest BCUT2D eigenvalue weighted by Crippen LogP contribution is -2.23. The molecule has 0 spiro atoms. The van der Waals surface area contributed by atoms with Crippen LogP contribution in [0.5, 0.6) is 0 Å². The lowest BCUT2D eigenvalue weighted by molar-refractivity contribution is 0.640. The quantitative estimate of drug-likeness (QED) is 0.739. The highest BCUT2D eigenvalue weighted by Crippen LogP contribution is 2.16. The van der Waals surface area contributed by atoms with E-state index >= 15 is 0 Å². The van der Waals surface area contributed by atoms with Gasteiger partial charge >= 0.3 is 0 Å². The molecule has 0 bridgehead atoms. The smallest absolute Gasteiger partial charge is 0.267 e. The van der Waals surface area contributed by atoms with Crippen molar-refractivity contribution in [1.29, 1.82) is 0 Å². The summed E-state index contributed by atoms with van der Waals surface area (Å²) >= 11 is 0. The van der Waals surface area contributed by atoms with Gasteiger partial charge in [-0.15, -0.1) is 0 Å². The Morgan fingerprint density at radius 1 is 0.909 bits per heavy atom. The summed E-state index contributed by atoms with van der Waals surface area (Å²) < 4.78 is 1.53. The number of aryl methyl sites for hydroxylation is 2. The van der Waals surface area contributed by atoms with Crippen molar-refractivity contribution in [2.75, 3.05) is 0 Å². The van der Waals surface area contributed by atoms with Crippen molar-refractivity contribution in [2.45, 2.75) is 20.4 Å². The first-order valence-electron chi connectivity index (χ1n) is 7.33. The first-order chi connectivity index (χ1) is 10.6. The molecule has 0 fully saturated rings. The molecule has 0 radical (unpaired) electrons. The molecular weight excluding hydrogens is 272 g/mol. The number of hydrogen-bond acceptors (Lipinski definition) is 2. The third-order valence-corrected chi connectivity index (χ3v) is 3.80. The van der Waals surface area contributed by atoms with E-state index in [1.54, 1.807) is 12.1 Å². The first-order valence-corrected chi connectivity index (χ1v) is 7.33. The summed E-state index contributed by atoms with van der Waals surface area (Å²) in [5, 5.41) is 4.51. The average Bonchev–Trinajstić information content (AvgIpc) is 2.52. The number of aromatic nitrogens is 2. The van der Waals surface area contributed by atoms with Crippen LogP contribution in [0.4, 0.5) is 0 Å². The van der Waals surface area contributed by atoms with Crippen molar-refractivity contribution in [1.82, 2.24) is 9.78 Å². The summed E-state index contributed by atoms with van der Waals surface area (Å²) in [6.45, 7) is 4.59. The molecule has 1 heterocycles. The normalized spacial score (nSPS) is 10.6. The second-order valence-corrected chi connectivity index (χ2v) is 5.51. The molecule has 0 aliphatic heterocycles. The van der Waals surface area contributed by atoms with Gasteiger partial charge in [0, 0.05) is 11.6 Å². The van der Waals surface area contributed by atoms with Gasteiger partial charge in [-0.05, 0) is 31.0 Å². The molecule has 3 rings (SSSR count). The van der Waals surface area contributed by atoms with Gasteiger partial charge in [-0.2, -0.15) is 5.10 Å². The summed E-state index contributed by atoms with van der Waals surface area (Å²) in [7, 11) is 0. The van der Waals surface area contributed by atoms with Gasteiger partial charge in [0.25, 0.3) is 5.56 Å². The van der Waals surface area contributed by atoms with Gasteiger partial charge in [0.15, 0.2) is 0 Å². The van der Waals surface area contributed by atoms with Gasteiger partial charge < -0.3 is 0 Å². The van der Waals surface area contributed by atoms with Crippen molar-refractivity contribution < 1.29 is 0 Å². The van der Waals surface area contributed by atoms with Crippen LogP contribution in [0.2, 0.25) is 0 Å². The van der Waals surface area contributed by atoms with Crippen LogP contribution in [0.1, 0.15) is 16.7 Å². The van der Waals surface area contributed by atoms with E-state index in [-0.39, 0.29) is 5.56 Å². The minimum absolute atomic E-state index is 0.0842. The maximum absolute atomic E-state index is 12.1. The van der Waals surface area contributed by atoms with E-state index in [2.05, 4.69) is 12.0 Å². The Morgan fingerprint density at radius 2 is 1.64 bits per heavy atom. The molecule has 0 aliphatic rings. The Labute approximate surface area is 129 Å². The molecule has 110 valence electrons. The molecule has 0 atom stereocenters. The first kappa shape index (κ1) is 14.3. The van der Waals surface area contributed by atoms with E-state index in [9.17, 15) is 4.79 Å². The lowest BCUT2D eigenvalue weighted by atomic mass is 10.1. The lowest BCUT2D eigenvalue weighted by Gasteiger charge is -2.09. The molecule has 1 aromatic heterocycles. The highest BCUT2D eigenvalue weighted by Gasteiger charge is 2.05. The predicted molar refractivity (Wildman–Crippen MR) is 89.0 cm³/mol. The van der Waals surface area contributed by atoms with Crippen molar-refractivity contribution in [2.24, 2.45) is 0 Å². The maximum atomic E-state index is 12.1. The average molecular weight is 290 g/mol. The maximum Gasteiger partial charge on any atom is 0.267 e. The fourth-order valence-corrected chi connectivity index (χ4v) is 2.39. The summed E-state index contributed by atoms with van der Waals surface area (Å²) in [6.07, 6.45) is 0. The van der Waals surface area contributed by atoms with Crippen molar-refractivity contribution in [3.63, 3.8) is 0 Å². The third-order valence-electron chi connectivity index (χ3n) is 3.80. The van der Waals surface area contributed by atoms with Gasteiger partial charge in [0.05, 0.1) is 12.2 Å². The Morgan fingerprint density at radius 3 is 2.36 bits per heavy atom. The van der Waals surface area contributed by atoms with Crippen LogP contribution in [0.3, 0.4) is 0 Å². The van der Waals surface area contributed by atoms with Crippen LogP contribution in [-0.2, 0) is 6.54 Å². The van der Waals surface area contributed by atoms with E-state index in [4.69, 9.17) is 0 Å². The van der Waals surface area contributed by atoms with E-state index < -0.39 is 0 Å². The number of nitrogens with zero attached hydrogens (tertiary/aromatic N) is 2. The zero-order valence-electron chi connectivity index (χ0n) is 12.8. The van der Waals surface area contributed by atoms with Gasteiger partial charge in [-0.3, -0.25) is 4.79 Å². The zero-order valence-corrected chi connectivity index (χ0v) is 12.8. The largest absolute Gasteiger partial charge is 0.268 e. The molecule has 3 nitrogen and oxygen atoms in total. The minimum atomic E-state index is -0.0842. The standard InChI is InChI=1S/C19H18N2O/c1-14-7-9-16(10-8-14)18-11-12-19(22)21(20-18)13-17-6-4-3-5-15(17)2/h3-12H,13H2,1-2H3. The van der Waals surface area contributed by atoms with Crippen LogP contribution >= 0.6 is 0 Å². The third kappa shape index (κ3) is 2.98. The highest BCUT2D eigenvalue weighted by molar-refractivity contribution is 5.58. The molecule has 0 saturated heterocycles. The molecule has 3 heteroatoms. The fraction of sp³-hybridized carbons (Fsp3) is 0.158. The fourth-order valence-electron chi connectivity index (χ4n) is 2.39. The number of rotatable bonds is 3. The Kier molecular flexibility index (Phi) is 3.88. The van der Waals surface area contributed by atoms with Gasteiger partial charge in [0.2, 0.25) is 0 Å². The SMILES string of the molecule is Cc1ccc(-c2ccc(=O)n(Cc3ccccc3C)n2)cc1. The summed E-state index contributed by atoms with van der Waals surface area (Å²) in [4.78, 5) is 12.1. The van der Waals surface area contributed by atoms with E-state index in [0.717, 1.165) is 22.4 Å². The van der Waals surface area contributed by atoms with Crippen LogP contribution < -0.4 is 5.56 Å². The van der Waals surface area contributed by atoms with Crippen LogP contribution in [0.15, 0.2) is 65.5 Å². The van der Waals surface area contributed by atoms with Gasteiger partial charge in [-0.1, -0.05) is 54.1 Å². The summed E-state index contributed by atoms with van der Waals surface area (Å²) in [6, 6.07) is 19.6. The molecular formula is C19H18N2O. The van der Waals surface area contributed by atoms with Crippen LogP contribution in [0, 0.1) is 13.8 Å². The molecule has 0 saturated carbocycles. The zero-order chi connectivity index (χ0) is 15.5. The van der Waals surface area contributed by atoms with E-state index in [0.29, 0.717) is 6.54 Å². The predicted octanol–water partition coefficient (Wildman–Crippen LogP) is 3.58. The van der Waals surface area contributed by atoms with E-state index in [1.807, 2.05) is 55.5 Å². The Bertz CT molecular complexity index is 848. The number of benzene rings is 2. The number of hydrogen-bond donors (Lipinski definition) is 0. The topological polar surface area (TPSA) is 34.9 Å². The Hall–Kier alpha value is -2.68. The summed E-state index contributed by atoms with van der Waals surface area (Å²) in [5.41, 5.74) is 5.23. The second kappa shape index (κ2) is 5.98. The monoisotopic (exact) mass is 290 g/mol. The minimum Gasteiger partial charge on any atom is -0.268 e. The highest BCUT2D eigenvalue weighted by atomic mass is 16.1. The van der Waals surface area contributed by atoms with Crippen molar-refractivity contribution in [3.05, 3.63) is 87.7 Å². The summed E-state index contributed by atoms with van der Waals surface area (Å²) in [5.74, 6) is 0. The van der Waals surface area contributed by atoms with Gasteiger partial charge in [-0.25, -0.2) is 4.68 Å². The van der Waals surface area contributed by atoms with Crippen LogP contribution in [0.25, 0.3) is 11.3 Å².